The molecule has 13 heavy (non-hydrogen) atoms. The maximum absolute atomic E-state index is 4.22. The van der Waals surface area contributed by atoms with Crippen molar-refractivity contribution >= 4 is 23.4 Å². The van der Waals surface area contributed by atoms with Crippen LogP contribution in [0.2, 0.25) is 0 Å². The zero-order chi connectivity index (χ0) is 8.93. The van der Waals surface area contributed by atoms with E-state index in [-0.39, 0.29) is 0 Å². The average Bonchev–Trinajstić information content (AvgIpc) is 2.55. The summed E-state index contributed by atoms with van der Waals surface area (Å²) in [5.74, 6) is 0.774. The van der Waals surface area contributed by atoms with Crippen LogP contribution in [0.15, 0.2) is 51.9 Å². The van der Waals surface area contributed by atoms with Crippen LogP contribution in [0.3, 0.4) is 0 Å². The summed E-state index contributed by atoms with van der Waals surface area (Å²) < 4.78 is 0. The van der Waals surface area contributed by atoms with Gasteiger partial charge >= 0.3 is 0 Å². The van der Waals surface area contributed by atoms with Crippen LogP contribution in [0.4, 0.5) is 0 Å². The highest BCUT2D eigenvalue weighted by molar-refractivity contribution is 7.12. The van der Waals surface area contributed by atoms with Crippen LogP contribution in [0.1, 0.15) is 4.88 Å². The van der Waals surface area contributed by atoms with Crippen molar-refractivity contribution in [3.63, 3.8) is 0 Å². The van der Waals surface area contributed by atoms with Crippen LogP contribution in [0.25, 0.3) is 0 Å². The number of rotatable bonds is 1. The van der Waals surface area contributed by atoms with Crippen molar-refractivity contribution in [3.05, 3.63) is 46.8 Å². The van der Waals surface area contributed by atoms with Gasteiger partial charge in [-0.15, -0.1) is 11.3 Å². The van der Waals surface area contributed by atoms with Crippen molar-refractivity contribution in [1.82, 2.24) is 0 Å². The van der Waals surface area contributed by atoms with Crippen molar-refractivity contribution in [3.8, 4) is 0 Å². The lowest BCUT2D eigenvalue weighted by Gasteiger charge is -1.94. The predicted octanol–water partition coefficient (Wildman–Crippen LogP) is 2.65. The van der Waals surface area contributed by atoms with Crippen LogP contribution in [-0.4, -0.2) is 12.1 Å². The lowest BCUT2D eigenvalue weighted by molar-refractivity contribution is 1.49. The molecule has 0 fully saturated rings. The van der Waals surface area contributed by atoms with E-state index in [1.54, 1.807) is 23.8 Å². The van der Waals surface area contributed by atoms with Crippen LogP contribution < -0.4 is 0 Å². The second-order valence-electron chi connectivity index (χ2n) is 2.43. The van der Waals surface area contributed by atoms with Gasteiger partial charge in [-0.25, -0.2) is 9.98 Å². The molecular weight excluding hydrogens is 180 g/mol. The van der Waals surface area contributed by atoms with Crippen LogP contribution >= 0.6 is 11.3 Å². The Balaban J connectivity index is 2.33. The lowest BCUT2D eigenvalue weighted by Crippen LogP contribution is -1.93. The average molecular weight is 188 g/mol. The topological polar surface area (TPSA) is 24.7 Å². The van der Waals surface area contributed by atoms with Crippen molar-refractivity contribution in [2.24, 2.45) is 9.98 Å². The van der Waals surface area contributed by atoms with Gasteiger partial charge < -0.3 is 0 Å². The normalized spacial score (nSPS) is 26.6. The fourth-order valence-corrected chi connectivity index (χ4v) is 1.63. The van der Waals surface area contributed by atoms with E-state index in [2.05, 4.69) is 9.98 Å². The van der Waals surface area contributed by atoms with Crippen molar-refractivity contribution in [1.29, 1.82) is 0 Å². The third-order valence-electron chi connectivity index (χ3n) is 1.53. The molecule has 2 heterocycles. The molecule has 1 aliphatic rings. The molecule has 64 valence electrons. The highest BCUT2D eigenvalue weighted by atomic mass is 32.1. The molecule has 2 rings (SSSR count). The smallest absolute Gasteiger partial charge is 0.169 e. The molecule has 0 amide bonds. The van der Waals surface area contributed by atoms with Crippen molar-refractivity contribution in [2.45, 2.75) is 0 Å². The second kappa shape index (κ2) is 3.96. The van der Waals surface area contributed by atoms with Crippen molar-refractivity contribution in [2.75, 3.05) is 0 Å². The minimum Gasteiger partial charge on any atom is -0.236 e. The van der Waals surface area contributed by atoms with Gasteiger partial charge in [0, 0.05) is 12.4 Å². The summed E-state index contributed by atoms with van der Waals surface area (Å²) in [6.07, 6.45) is 9.18. The number of amidine groups is 1. The van der Waals surface area contributed by atoms with Gasteiger partial charge in [0.05, 0.1) is 4.88 Å². The Labute approximate surface area is 80.7 Å². The van der Waals surface area contributed by atoms with Gasteiger partial charge in [-0.2, -0.15) is 0 Å². The summed E-state index contributed by atoms with van der Waals surface area (Å²) in [6.45, 7) is 0. The van der Waals surface area contributed by atoms with E-state index in [4.69, 9.17) is 0 Å². The molecule has 0 bridgehead atoms. The van der Waals surface area contributed by atoms with Crippen LogP contribution in [0.5, 0.6) is 0 Å². The molecular formula is C10H8N2S. The molecule has 0 saturated carbocycles. The van der Waals surface area contributed by atoms with E-state index in [1.807, 2.05) is 35.7 Å². The van der Waals surface area contributed by atoms with Gasteiger partial charge in [-0.05, 0) is 23.6 Å². The number of hydrogen-bond donors (Lipinski definition) is 0. The zero-order valence-corrected chi connectivity index (χ0v) is 7.74. The molecule has 1 aromatic rings. The highest BCUT2D eigenvalue weighted by Crippen LogP contribution is 2.11. The minimum atomic E-state index is 0.774. The van der Waals surface area contributed by atoms with Crippen LogP contribution in [0, 0.1) is 0 Å². The zero-order valence-electron chi connectivity index (χ0n) is 6.92. The molecule has 2 nitrogen and oxygen atoms in total. The number of nitrogens with zero attached hydrogens (tertiary/aromatic N) is 2. The van der Waals surface area contributed by atoms with E-state index in [0.29, 0.717) is 0 Å². The molecule has 3 heteroatoms. The molecule has 1 aromatic heterocycles. The Morgan fingerprint density at radius 1 is 1.15 bits per heavy atom. The second-order valence-corrected chi connectivity index (χ2v) is 3.38. The molecule has 0 atom stereocenters. The Bertz CT molecular complexity index is 383. The highest BCUT2D eigenvalue weighted by Gasteiger charge is 2.00. The van der Waals surface area contributed by atoms with E-state index in [9.17, 15) is 0 Å². The van der Waals surface area contributed by atoms with Crippen LogP contribution in [-0.2, 0) is 0 Å². The quantitative estimate of drug-likeness (QED) is 0.647. The summed E-state index contributed by atoms with van der Waals surface area (Å²) in [7, 11) is 0. The summed E-state index contributed by atoms with van der Waals surface area (Å²) >= 11 is 1.64. The molecule has 0 radical (unpaired) electrons. The Morgan fingerprint density at radius 2 is 2.15 bits per heavy atom. The van der Waals surface area contributed by atoms with Gasteiger partial charge in [0.1, 0.15) is 0 Å². The van der Waals surface area contributed by atoms with E-state index >= 15 is 0 Å². The molecule has 0 aliphatic carbocycles. The molecule has 1 aliphatic heterocycles. The number of hydrogen-bond acceptors (Lipinski definition) is 3. The van der Waals surface area contributed by atoms with E-state index < -0.39 is 0 Å². The van der Waals surface area contributed by atoms with Gasteiger partial charge in [0.2, 0.25) is 0 Å². The fraction of sp³-hybridized carbons (Fsp3) is 0. The first-order valence-electron chi connectivity index (χ1n) is 3.94. The summed E-state index contributed by atoms with van der Waals surface area (Å²) in [5.41, 5.74) is 0. The Hall–Kier alpha value is -1.48. The first-order chi connectivity index (χ1) is 6.47. The standard InChI is InChI=1S/C10H8N2S/c1-2-6-11-10(12-7-3-1)9-5-4-8-13-9/h1-8H/b2-1-,3-1?,6-2?,7-3-,11-6-,11-10?,12-7?,12-10-. The van der Waals surface area contributed by atoms with Gasteiger partial charge in [0.25, 0.3) is 0 Å². The third kappa shape index (κ3) is 2.00. The minimum absolute atomic E-state index is 0.774. The number of allylic oxidation sites excluding steroid dienone is 3. The van der Waals surface area contributed by atoms with E-state index in [1.165, 1.54) is 0 Å². The van der Waals surface area contributed by atoms with Gasteiger partial charge in [0.15, 0.2) is 5.84 Å². The number of aliphatic imine (C=N–C) groups is 2. The summed E-state index contributed by atoms with van der Waals surface area (Å²) in [4.78, 5) is 9.54. The predicted molar refractivity (Wildman–Crippen MR) is 57.6 cm³/mol. The first-order valence-corrected chi connectivity index (χ1v) is 4.82. The molecule has 0 saturated heterocycles. The Morgan fingerprint density at radius 3 is 3.00 bits per heavy atom. The van der Waals surface area contributed by atoms with Gasteiger partial charge in [-0.3, -0.25) is 0 Å². The largest absolute Gasteiger partial charge is 0.236 e. The molecule has 0 aromatic carbocycles. The lowest BCUT2D eigenvalue weighted by atomic mass is 10.4. The Kier molecular flexibility index (Phi) is 2.48. The molecule has 0 spiro atoms. The maximum atomic E-state index is 4.22. The third-order valence-corrected chi connectivity index (χ3v) is 2.40. The first kappa shape index (κ1) is 8.13. The summed E-state index contributed by atoms with van der Waals surface area (Å²) in [6, 6.07) is 4.01. The molecule has 0 N–H and O–H groups in total. The van der Waals surface area contributed by atoms with Crippen molar-refractivity contribution < 1.29 is 0 Å². The number of thiophene rings is 1. The fourth-order valence-electron chi connectivity index (χ4n) is 0.957. The van der Waals surface area contributed by atoms with E-state index in [0.717, 1.165) is 10.7 Å². The van der Waals surface area contributed by atoms with Gasteiger partial charge in [-0.1, -0.05) is 12.1 Å². The molecule has 0 unspecified atom stereocenters. The maximum Gasteiger partial charge on any atom is 0.169 e. The monoisotopic (exact) mass is 188 g/mol. The summed E-state index contributed by atoms with van der Waals surface area (Å²) in [5, 5.41) is 2.02. The SMILES string of the molecule is C1=C\C=N/C(c2cccs2)=N\C=C/1.